The van der Waals surface area contributed by atoms with Gasteiger partial charge in [0.2, 0.25) is 12.4 Å². The summed E-state index contributed by atoms with van der Waals surface area (Å²) in [4.78, 5) is 19.4. The quantitative estimate of drug-likeness (QED) is 0.456. The number of nitrogens with one attached hydrogen (secondary N) is 3. The number of hydrogen-bond acceptors (Lipinski definition) is 5. The lowest BCUT2D eigenvalue weighted by atomic mass is 10.1. The van der Waals surface area contributed by atoms with Gasteiger partial charge in [-0.1, -0.05) is 6.07 Å². The van der Waals surface area contributed by atoms with Crippen molar-refractivity contribution in [3.8, 4) is 11.3 Å². The molecule has 0 fully saturated rings. The summed E-state index contributed by atoms with van der Waals surface area (Å²) in [6, 6.07) is 8.18. The summed E-state index contributed by atoms with van der Waals surface area (Å²) >= 11 is 0. The number of anilines is 2. The van der Waals surface area contributed by atoms with E-state index >= 15 is 0 Å². The molecule has 0 aliphatic heterocycles. The maximum absolute atomic E-state index is 14.5. The van der Waals surface area contributed by atoms with E-state index in [1.807, 2.05) is 13.0 Å². The summed E-state index contributed by atoms with van der Waals surface area (Å²) < 4.78 is 16.2. The number of rotatable bonds is 6. The first-order valence-corrected chi connectivity index (χ1v) is 8.23. The van der Waals surface area contributed by atoms with Crippen LogP contribution in [0.4, 0.5) is 16.2 Å². The van der Waals surface area contributed by atoms with E-state index in [2.05, 4.69) is 30.8 Å². The van der Waals surface area contributed by atoms with E-state index in [4.69, 9.17) is 0 Å². The zero-order chi connectivity index (χ0) is 18.8. The van der Waals surface area contributed by atoms with Crippen molar-refractivity contribution in [2.24, 2.45) is 0 Å². The predicted octanol–water partition coefficient (Wildman–Crippen LogP) is 2.56. The molecule has 0 radical (unpaired) electrons. The van der Waals surface area contributed by atoms with E-state index in [0.29, 0.717) is 41.6 Å². The first-order chi connectivity index (χ1) is 13.1. The molecular formula is C18H16FN7O. The average Bonchev–Trinajstić information content (AvgIpc) is 3.30. The molecule has 0 saturated carbocycles. The molecule has 27 heavy (non-hydrogen) atoms. The second kappa shape index (κ2) is 6.87. The fraction of sp³-hybridized carbons (Fsp3) is 0.111. The summed E-state index contributed by atoms with van der Waals surface area (Å²) in [5.41, 5.74) is 3.03. The molecular weight excluding hydrogens is 349 g/mol. The molecule has 0 aliphatic carbocycles. The van der Waals surface area contributed by atoms with Gasteiger partial charge in [0, 0.05) is 42.3 Å². The molecule has 136 valence electrons. The van der Waals surface area contributed by atoms with Crippen LogP contribution in [0, 0.1) is 12.7 Å². The van der Waals surface area contributed by atoms with Crippen molar-refractivity contribution in [1.29, 1.82) is 0 Å². The number of carbonyl (C=O) groups excluding carboxylic acids is 1. The number of aromatic nitrogens is 5. The van der Waals surface area contributed by atoms with Crippen LogP contribution in [0.1, 0.15) is 11.3 Å². The SMILES string of the molecule is Cc1cc(Nc2nc(-c3cc(CNC=O)ccc3F)cc3nccn23)n[nH]1. The minimum absolute atomic E-state index is 0.306. The van der Waals surface area contributed by atoms with Gasteiger partial charge in [-0.25, -0.2) is 14.4 Å². The molecule has 8 nitrogen and oxygen atoms in total. The Balaban J connectivity index is 1.79. The Labute approximate surface area is 153 Å². The zero-order valence-corrected chi connectivity index (χ0v) is 14.4. The largest absolute Gasteiger partial charge is 0.355 e. The maximum atomic E-state index is 14.5. The van der Waals surface area contributed by atoms with Crippen LogP contribution in [0.15, 0.2) is 42.7 Å². The Morgan fingerprint density at radius 3 is 2.96 bits per heavy atom. The van der Waals surface area contributed by atoms with E-state index in [9.17, 15) is 9.18 Å². The van der Waals surface area contributed by atoms with Gasteiger partial charge < -0.3 is 10.6 Å². The summed E-state index contributed by atoms with van der Waals surface area (Å²) in [6.45, 7) is 2.20. The Kier molecular flexibility index (Phi) is 4.25. The van der Waals surface area contributed by atoms with Gasteiger partial charge in [0.05, 0.1) is 5.69 Å². The minimum atomic E-state index is -0.408. The smallest absolute Gasteiger partial charge is 0.214 e. The third-order valence-corrected chi connectivity index (χ3v) is 4.03. The van der Waals surface area contributed by atoms with Crippen LogP contribution in [-0.2, 0) is 11.3 Å². The predicted molar refractivity (Wildman–Crippen MR) is 97.9 cm³/mol. The van der Waals surface area contributed by atoms with Crippen LogP contribution < -0.4 is 10.6 Å². The van der Waals surface area contributed by atoms with Gasteiger partial charge in [-0.05, 0) is 24.6 Å². The Morgan fingerprint density at radius 1 is 1.30 bits per heavy atom. The highest BCUT2D eigenvalue weighted by Gasteiger charge is 2.13. The van der Waals surface area contributed by atoms with Crippen LogP contribution in [0.5, 0.6) is 0 Å². The molecule has 4 aromatic rings. The maximum Gasteiger partial charge on any atom is 0.214 e. The van der Waals surface area contributed by atoms with Crippen molar-refractivity contribution in [2.75, 3.05) is 5.32 Å². The number of aryl methyl sites for hydroxylation is 1. The fourth-order valence-electron chi connectivity index (χ4n) is 2.78. The van der Waals surface area contributed by atoms with Crippen molar-refractivity contribution in [1.82, 2.24) is 29.9 Å². The topological polar surface area (TPSA) is 100 Å². The highest BCUT2D eigenvalue weighted by Crippen LogP contribution is 2.26. The summed E-state index contributed by atoms with van der Waals surface area (Å²) in [6.07, 6.45) is 4.00. The third-order valence-electron chi connectivity index (χ3n) is 4.03. The molecule has 1 amide bonds. The van der Waals surface area contributed by atoms with Crippen molar-refractivity contribution < 1.29 is 9.18 Å². The monoisotopic (exact) mass is 365 g/mol. The van der Waals surface area contributed by atoms with Crippen LogP contribution in [0.3, 0.4) is 0 Å². The van der Waals surface area contributed by atoms with Crippen LogP contribution >= 0.6 is 0 Å². The first-order valence-electron chi connectivity index (χ1n) is 8.23. The van der Waals surface area contributed by atoms with E-state index in [-0.39, 0.29) is 0 Å². The van der Waals surface area contributed by atoms with Gasteiger partial charge in [0.25, 0.3) is 0 Å². The Bertz CT molecular complexity index is 1120. The highest BCUT2D eigenvalue weighted by molar-refractivity contribution is 5.68. The van der Waals surface area contributed by atoms with Gasteiger partial charge >= 0.3 is 0 Å². The highest BCUT2D eigenvalue weighted by atomic mass is 19.1. The zero-order valence-electron chi connectivity index (χ0n) is 14.4. The molecule has 0 atom stereocenters. The molecule has 4 rings (SSSR count). The van der Waals surface area contributed by atoms with Crippen LogP contribution in [0.25, 0.3) is 16.9 Å². The van der Waals surface area contributed by atoms with Gasteiger partial charge in [-0.3, -0.25) is 14.3 Å². The standard InChI is InChI=1S/C18H16FN7O/c1-11-6-16(25-24-11)23-18-22-15(8-17-21-4-5-26(17)18)13-7-12(9-20-10-27)2-3-14(13)19/h2-8,10H,9H2,1H3,(H,20,27)(H2,22,23,24,25). The lowest BCUT2D eigenvalue weighted by Crippen LogP contribution is -2.10. The van der Waals surface area contributed by atoms with E-state index < -0.39 is 5.82 Å². The van der Waals surface area contributed by atoms with Crippen molar-refractivity contribution >= 4 is 23.8 Å². The number of nitrogens with zero attached hydrogens (tertiary/aromatic N) is 4. The van der Waals surface area contributed by atoms with Crippen molar-refractivity contribution in [2.45, 2.75) is 13.5 Å². The van der Waals surface area contributed by atoms with Gasteiger partial charge in [0.15, 0.2) is 5.82 Å². The molecule has 0 unspecified atom stereocenters. The fourth-order valence-corrected chi connectivity index (χ4v) is 2.78. The normalized spacial score (nSPS) is 10.9. The molecule has 0 aliphatic rings. The summed E-state index contributed by atoms with van der Waals surface area (Å²) in [7, 11) is 0. The molecule has 0 saturated heterocycles. The van der Waals surface area contributed by atoms with E-state index in [1.54, 1.807) is 35.0 Å². The summed E-state index contributed by atoms with van der Waals surface area (Å²) in [5.74, 6) is 0.647. The number of imidazole rings is 1. The third kappa shape index (κ3) is 3.34. The Morgan fingerprint density at radius 2 is 2.19 bits per heavy atom. The van der Waals surface area contributed by atoms with Crippen LogP contribution in [-0.4, -0.2) is 31.0 Å². The van der Waals surface area contributed by atoms with E-state index in [0.717, 1.165) is 11.3 Å². The number of aromatic amines is 1. The van der Waals surface area contributed by atoms with Gasteiger partial charge in [0.1, 0.15) is 11.5 Å². The number of halogens is 1. The molecule has 1 aromatic carbocycles. The number of H-pyrrole nitrogens is 1. The van der Waals surface area contributed by atoms with Gasteiger partial charge in [-0.15, -0.1) is 0 Å². The average molecular weight is 365 g/mol. The molecule has 3 N–H and O–H groups in total. The minimum Gasteiger partial charge on any atom is -0.355 e. The van der Waals surface area contributed by atoms with Crippen LogP contribution in [0.2, 0.25) is 0 Å². The molecule has 3 aromatic heterocycles. The number of carbonyl (C=O) groups is 1. The van der Waals surface area contributed by atoms with Crippen molar-refractivity contribution in [3.05, 3.63) is 59.8 Å². The molecule has 0 bridgehead atoms. The first kappa shape index (κ1) is 16.7. The second-order valence-corrected chi connectivity index (χ2v) is 5.99. The lowest BCUT2D eigenvalue weighted by Gasteiger charge is -2.10. The second-order valence-electron chi connectivity index (χ2n) is 5.99. The number of amides is 1. The Hall–Kier alpha value is -3.75. The number of hydrogen-bond donors (Lipinski definition) is 3. The van der Waals surface area contributed by atoms with Crippen molar-refractivity contribution in [3.63, 3.8) is 0 Å². The molecule has 0 spiro atoms. The molecule has 3 heterocycles. The van der Waals surface area contributed by atoms with Gasteiger partial charge in [-0.2, -0.15) is 5.10 Å². The number of benzene rings is 1. The lowest BCUT2D eigenvalue weighted by molar-refractivity contribution is -0.109. The molecule has 9 heteroatoms. The number of fused-ring (bicyclic) bond motifs is 1. The summed E-state index contributed by atoms with van der Waals surface area (Å²) in [5, 5.41) is 12.7. The van der Waals surface area contributed by atoms with E-state index in [1.165, 1.54) is 6.07 Å².